The van der Waals surface area contributed by atoms with Crippen molar-refractivity contribution in [1.29, 1.82) is 0 Å². The van der Waals surface area contributed by atoms with E-state index in [0.717, 1.165) is 0 Å². The van der Waals surface area contributed by atoms with E-state index >= 15 is 0 Å². The summed E-state index contributed by atoms with van der Waals surface area (Å²) < 4.78 is 10.9. The van der Waals surface area contributed by atoms with E-state index in [4.69, 9.17) is 32.7 Å². The molecule has 2 aromatic rings. The van der Waals surface area contributed by atoms with Crippen LogP contribution in [0.3, 0.4) is 0 Å². The number of fused-ring (bicyclic) bond motifs is 1. The fourth-order valence-corrected chi connectivity index (χ4v) is 2.62. The number of amides is 2. The van der Waals surface area contributed by atoms with Crippen LogP contribution in [0.4, 0.5) is 10.5 Å². The Morgan fingerprint density at radius 3 is 2.60 bits per heavy atom. The van der Waals surface area contributed by atoms with Gasteiger partial charge in [0.2, 0.25) is 0 Å². The topological polar surface area (TPSA) is 79.8 Å². The zero-order chi connectivity index (χ0) is 17.8. The summed E-state index contributed by atoms with van der Waals surface area (Å²) in [4.78, 5) is 11.9. The Hall–Kier alpha value is -2.15. The van der Waals surface area contributed by atoms with E-state index < -0.39 is 12.1 Å². The number of carbonyl (C=O) groups is 1. The van der Waals surface area contributed by atoms with Crippen molar-refractivity contribution in [2.45, 2.75) is 6.10 Å². The Balaban J connectivity index is 1.55. The lowest BCUT2D eigenvalue weighted by molar-refractivity contribution is 0.163. The number of rotatable bonds is 4. The van der Waals surface area contributed by atoms with Gasteiger partial charge in [-0.2, -0.15) is 0 Å². The van der Waals surface area contributed by atoms with E-state index in [0.29, 0.717) is 46.0 Å². The van der Waals surface area contributed by atoms with Crippen LogP contribution in [0.25, 0.3) is 0 Å². The smallest absolute Gasteiger partial charge is 0.319 e. The highest BCUT2D eigenvalue weighted by atomic mass is 35.5. The number of nitrogens with one attached hydrogen (secondary N) is 2. The molecule has 0 saturated heterocycles. The average Bonchev–Trinajstić information content (AvgIpc) is 2.62. The number of anilines is 1. The number of hydrogen-bond donors (Lipinski definition) is 3. The molecule has 1 aliphatic rings. The number of benzene rings is 2. The summed E-state index contributed by atoms with van der Waals surface area (Å²) in [5.41, 5.74) is 1.12. The molecular formula is C17H16Cl2N2O4. The molecule has 132 valence electrons. The van der Waals surface area contributed by atoms with E-state index in [1.807, 2.05) is 0 Å². The van der Waals surface area contributed by atoms with Crippen LogP contribution in [0.1, 0.15) is 11.7 Å². The van der Waals surface area contributed by atoms with Crippen molar-refractivity contribution < 1.29 is 19.4 Å². The summed E-state index contributed by atoms with van der Waals surface area (Å²) in [6.07, 6.45) is -0.879. The fourth-order valence-electron chi connectivity index (χ4n) is 2.32. The van der Waals surface area contributed by atoms with Crippen LogP contribution in [0, 0.1) is 0 Å². The molecule has 3 rings (SSSR count). The molecule has 0 aliphatic carbocycles. The highest BCUT2D eigenvalue weighted by Crippen LogP contribution is 2.32. The summed E-state index contributed by atoms with van der Waals surface area (Å²) in [6, 6.07) is 9.47. The first kappa shape index (κ1) is 17.7. The number of urea groups is 1. The maximum absolute atomic E-state index is 11.9. The van der Waals surface area contributed by atoms with Crippen molar-refractivity contribution in [3.63, 3.8) is 0 Å². The molecule has 1 unspecified atom stereocenters. The third kappa shape index (κ3) is 4.48. The van der Waals surface area contributed by atoms with E-state index in [9.17, 15) is 9.90 Å². The van der Waals surface area contributed by atoms with Gasteiger partial charge in [-0.3, -0.25) is 0 Å². The summed E-state index contributed by atoms with van der Waals surface area (Å²) in [6.45, 7) is 1.01. The largest absolute Gasteiger partial charge is 0.486 e. The van der Waals surface area contributed by atoms with Crippen molar-refractivity contribution in [2.75, 3.05) is 25.1 Å². The standard InChI is InChI=1S/C17H16Cl2N2O4/c18-12-3-2-11(8-13(12)19)21-17(23)20-9-14(22)10-1-4-15-16(7-10)25-6-5-24-15/h1-4,7-8,14,22H,5-6,9H2,(H2,20,21,23). The molecule has 1 aliphatic heterocycles. The van der Waals surface area contributed by atoms with Gasteiger partial charge in [-0.15, -0.1) is 0 Å². The number of hydrogen-bond acceptors (Lipinski definition) is 4. The first-order valence-electron chi connectivity index (χ1n) is 7.60. The lowest BCUT2D eigenvalue weighted by Crippen LogP contribution is -2.32. The molecule has 3 N–H and O–H groups in total. The molecule has 0 saturated carbocycles. The molecule has 2 amide bonds. The van der Waals surface area contributed by atoms with Gasteiger partial charge in [-0.25, -0.2) is 4.79 Å². The monoisotopic (exact) mass is 382 g/mol. The van der Waals surface area contributed by atoms with Crippen molar-refractivity contribution >= 4 is 34.9 Å². The normalized spacial score (nSPS) is 13.9. The van der Waals surface area contributed by atoms with Gasteiger partial charge in [0.05, 0.1) is 16.1 Å². The van der Waals surface area contributed by atoms with Crippen molar-refractivity contribution in [2.24, 2.45) is 0 Å². The van der Waals surface area contributed by atoms with Crippen molar-refractivity contribution in [1.82, 2.24) is 5.32 Å². The van der Waals surface area contributed by atoms with Crippen molar-refractivity contribution in [3.05, 3.63) is 52.0 Å². The Morgan fingerprint density at radius 1 is 1.08 bits per heavy atom. The lowest BCUT2D eigenvalue weighted by Gasteiger charge is -2.20. The van der Waals surface area contributed by atoms with Crippen LogP contribution < -0.4 is 20.1 Å². The minimum Gasteiger partial charge on any atom is -0.486 e. The molecule has 8 heteroatoms. The second kappa shape index (κ2) is 7.82. The zero-order valence-corrected chi connectivity index (χ0v) is 14.6. The quantitative estimate of drug-likeness (QED) is 0.754. The van der Waals surface area contributed by atoms with Gasteiger partial charge in [-0.1, -0.05) is 29.3 Å². The van der Waals surface area contributed by atoms with E-state index in [1.165, 1.54) is 0 Å². The van der Waals surface area contributed by atoms with Crippen LogP contribution in [0.15, 0.2) is 36.4 Å². The maximum atomic E-state index is 11.9. The molecule has 0 spiro atoms. The Labute approximate surface area is 154 Å². The second-order valence-electron chi connectivity index (χ2n) is 5.38. The van der Waals surface area contributed by atoms with E-state index in [2.05, 4.69) is 10.6 Å². The first-order valence-corrected chi connectivity index (χ1v) is 8.36. The van der Waals surface area contributed by atoms with Gasteiger partial charge in [-0.05, 0) is 35.9 Å². The maximum Gasteiger partial charge on any atom is 0.319 e. The minimum atomic E-state index is -0.879. The molecule has 0 bridgehead atoms. The molecule has 2 aromatic carbocycles. The molecule has 0 aromatic heterocycles. The average molecular weight is 383 g/mol. The summed E-state index contributed by atoms with van der Waals surface area (Å²) >= 11 is 11.7. The Bertz CT molecular complexity index is 785. The molecule has 0 radical (unpaired) electrons. The Morgan fingerprint density at radius 2 is 1.84 bits per heavy atom. The third-order valence-electron chi connectivity index (χ3n) is 3.58. The lowest BCUT2D eigenvalue weighted by atomic mass is 10.1. The molecule has 0 fully saturated rings. The third-order valence-corrected chi connectivity index (χ3v) is 4.32. The van der Waals surface area contributed by atoms with Gasteiger partial charge in [0.15, 0.2) is 11.5 Å². The number of aliphatic hydroxyl groups excluding tert-OH is 1. The molecule has 1 heterocycles. The van der Waals surface area contributed by atoms with Gasteiger partial charge < -0.3 is 25.2 Å². The highest BCUT2D eigenvalue weighted by molar-refractivity contribution is 6.42. The number of aliphatic hydroxyl groups is 1. The summed E-state index contributed by atoms with van der Waals surface area (Å²) in [7, 11) is 0. The fraction of sp³-hybridized carbons (Fsp3) is 0.235. The van der Waals surface area contributed by atoms with Gasteiger partial charge >= 0.3 is 6.03 Å². The van der Waals surface area contributed by atoms with Crippen molar-refractivity contribution in [3.8, 4) is 11.5 Å². The van der Waals surface area contributed by atoms with Crippen LogP contribution in [-0.4, -0.2) is 30.9 Å². The number of halogens is 2. The highest BCUT2D eigenvalue weighted by Gasteiger charge is 2.16. The molecule has 25 heavy (non-hydrogen) atoms. The zero-order valence-electron chi connectivity index (χ0n) is 13.1. The predicted molar refractivity (Wildman–Crippen MR) is 95.9 cm³/mol. The first-order chi connectivity index (χ1) is 12.0. The predicted octanol–water partition coefficient (Wildman–Crippen LogP) is 3.62. The molecular weight excluding hydrogens is 367 g/mol. The number of ether oxygens (including phenoxy) is 2. The number of carbonyl (C=O) groups excluding carboxylic acids is 1. The molecule has 1 atom stereocenters. The van der Waals surface area contributed by atoms with Crippen LogP contribution >= 0.6 is 23.2 Å². The Kier molecular flexibility index (Phi) is 5.53. The SMILES string of the molecule is O=C(NCC(O)c1ccc2c(c1)OCCO2)Nc1ccc(Cl)c(Cl)c1. The van der Waals surface area contributed by atoms with Gasteiger partial charge in [0.1, 0.15) is 13.2 Å². The molecule has 6 nitrogen and oxygen atoms in total. The summed E-state index contributed by atoms with van der Waals surface area (Å²) in [5.74, 6) is 1.23. The minimum absolute atomic E-state index is 0.0345. The second-order valence-corrected chi connectivity index (χ2v) is 6.20. The van der Waals surface area contributed by atoms with Gasteiger partial charge in [0.25, 0.3) is 0 Å². The van der Waals surface area contributed by atoms with Crippen LogP contribution in [0.5, 0.6) is 11.5 Å². The van der Waals surface area contributed by atoms with Crippen LogP contribution in [-0.2, 0) is 0 Å². The van der Waals surface area contributed by atoms with E-state index in [1.54, 1.807) is 36.4 Å². The van der Waals surface area contributed by atoms with Crippen LogP contribution in [0.2, 0.25) is 10.0 Å². The summed E-state index contributed by atoms with van der Waals surface area (Å²) in [5, 5.41) is 16.2. The van der Waals surface area contributed by atoms with Gasteiger partial charge in [0, 0.05) is 12.2 Å². The van der Waals surface area contributed by atoms with E-state index in [-0.39, 0.29) is 6.54 Å².